The van der Waals surface area contributed by atoms with Gasteiger partial charge in [-0.2, -0.15) is 0 Å². The lowest BCUT2D eigenvalue weighted by molar-refractivity contribution is -0.122. The Morgan fingerprint density at radius 1 is 1.30 bits per heavy atom. The van der Waals surface area contributed by atoms with Gasteiger partial charge in [-0.3, -0.25) is 9.69 Å². The van der Waals surface area contributed by atoms with Gasteiger partial charge in [0.1, 0.15) is 5.70 Å². The van der Waals surface area contributed by atoms with Crippen molar-refractivity contribution in [2.45, 2.75) is 6.92 Å². The van der Waals surface area contributed by atoms with Crippen molar-refractivity contribution in [1.29, 1.82) is 0 Å². The molecule has 1 saturated heterocycles. The highest BCUT2D eigenvalue weighted by molar-refractivity contribution is 7.80. The van der Waals surface area contributed by atoms with Crippen LogP contribution in [-0.4, -0.2) is 36.7 Å². The van der Waals surface area contributed by atoms with Crippen LogP contribution >= 0.6 is 12.2 Å². The van der Waals surface area contributed by atoms with Crippen molar-refractivity contribution in [2.75, 3.05) is 20.8 Å². The predicted octanol–water partition coefficient (Wildman–Crippen LogP) is 1.78. The Labute approximate surface area is 123 Å². The average molecular weight is 292 g/mol. The number of hydrogen-bond donors (Lipinski definition) is 1. The standard InChI is InChI=1S/C14H16N2O3S/c1-4-16-13(17)10(15-14(16)20)7-9-5-6-11(18-2)12(8-9)19-3/h5-8H,4H2,1-3H3,(H,15,20)/b10-7-. The van der Waals surface area contributed by atoms with Crippen LogP contribution in [0.1, 0.15) is 12.5 Å². The second-order valence-corrected chi connectivity index (χ2v) is 4.54. The number of likely N-dealkylation sites (N-methyl/N-ethyl adjacent to an activating group) is 1. The molecule has 6 heteroatoms. The Kier molecular flexibility index (Phi) is 4.24. The van der Waals surface area contributed by atoms with Gasteiger partial charge in [-0.25, -0.2) is 0 Å². The topological polar surface area (TPSA) is 50.8 Å². The second-order valence-electron chi connectivity index (χ2n) is 4.15. The van der Waals surface area contributed by atoms with E-state index in [0.717, 1.165) is 5.56 Å². The van der Waals surface area contributed by atoms with E-state index in [0.29, 0.717) is 28.9 Å². The first kappa shape index (κ1) is 14.3. The van der Waals surface area contributed by atoms with Gasteiger partial charge >= 0.3 is 0 Å². The maximum atomic E-state index is 12.1. The quantitative estimate of drug-likeness (QED) is 0.677. The Morgan fingerprint density at radius 3 is 2.55 bits per heavy atom. The number of nitrogens with zero attached hydrogens (tertiary/aromatic N) is 1. The normalized spacial score (nSPS) is 16.6. The average Bonchev–Trinajstić information content (AvgIpc) is 2.72. The van der Waals surface area contributed by atoms with E-state index in [1.807, 2.05) is 13.0 Å². The first-order chi connectivity index (χ1) is 9.60. The first-order valence-corrected chi connectivity index (χ1v) is 6.58. The summed E-state index contributed by atoms with van der Waals surface area (Å²) in [5.41, 5.74) is 1.29. The molecule has 0 aromatic heterocycles. The number of thiocarbonyl (C=S) groups is 1. The van der Waals surface area contributed by atoms with Gasteiger partial charge in [-0.15, -0.1) is 0 Å². The van der Waals surface area contributed by atoms with Crippen LogP contribution < -0.4 is 14.8 Å². The van der Waals surface area contributed by atoms with E-state index < -0.39 is 0 Å². The summed E-state index contributed by atoms with van der Waals surface area (Å²) in [6.45, 7) is 2.43. The lowest BCUT2D eigenvalue weighted by atomic mass is 10.1. The van der Waals surface area contributed by atoms with Crippen molar-refractivity contribution in [2.24, 2.45) is 0 Å². The Morgan fingerprint density at radius 2 is 2.00 bits per heavy atom. The summed E-state index contributed by atoms with van der Waals surface area (Å²) in [5.74, 6) is 1.14. The molecule has 0 bridgehead atoms. The smallest absolute Gasteiger partial charge is 0.276 e. The van der Waals surface area contributed by atoms with Crippen LogP contribution in [-0.2, 0) is 4.79 Å². The highest BCUT2D eigenvalue weighted by Crippen LogP contribution is 2.28. The third-order valence-corrected chi connectivity index (χ3v) is 3.32. The van der Waals surface area contributed by atoms with Crippen molar-refractivity contribution < 1.29 is 14.3 Å². The van der Waals surface area contributed by atoms with E-state index >= 15 is 0 Å². The zero-order valence-corrected chi connectivity index (χ0v) is 12.4. The van der Waals surface area contributed by atoms with E-state index in [1.165, 1.54) is 4.90 Å². The molecule has 5 nitrogen and oxygen atoms in total. The van der Waals surface area contributed by atoms with Gasteiger partial charge in [-0.1, -0.05) is 6.07 Å². The number of nitrogens with one attached hydrogen (secondary N) is 1. The van der Waals surface area contributed by atoms with Crippen molar-refractivity contribution >= 4 is 29.3 Å². The molecule has 0 saturated carbocycles. The number of hydrogen-bond acceptors (Lipinski definition) is 4. The maximum Gasteiger partial charge on any atom is 0.276 e. The number of benzene rings is 1. The second kappa shape index (κ2) is 5.92. The van der Waals surface area contributed by atoms with Gasteiger partial charge in [0.05, 0.1) is 14.2 Å². The molecule has 1 amide bonds. The molecule has 106 valence electrons. The Hall–Kier alpha value is -2.08. The fourth-order valence-electron chi connectivity index (χ4n) is 1.97. The van der Waals surface area contributed by atoms with Crippen LogP contribution in [0.4, 0.5) is 0 Å². The third kappa shape index (κ3) is 2.60. The van der Waals surface area contributed by atoms with Gasteiger partial charge in [0.15, 0.2) is 16.6 Å². The highest BCUT2D eigenvalue weighted by atomic mass is 32.1. The maximum absolute atomic E-state index is 12.1. The lowest BCUT2D eigenvalue weighted by Gasteiger charge is -2.09. The van der Waals surface area contributed by atoms with E-state index in [1.54, 1.807) is 32.4 Å². The SMILES string of the molecule is CCN1C(=O)/C(=C/c2ccc(OC)c(OC)c2)NC1=S. The molecule has 1 aromatic rings. The van der Waals surface area contributed by atoms with Crippen LogP contribution in [0.5, 0.6) is 11.5 Å². The molecule has 0 atom stereocenters. The van der Waals surface area contributed by atoms with Gasteiger partial charge < -0.3 is 14.8 Å². The van der Waals surface area contributed by atoms with Crippen LogP contribution in [0, 0.1) is 0 Å². The summed E-state index contributed by atoms with van der Waals surface area (Å²) < 4.78 is 10.4. The molecule has 1 aliphatic rings. The zero-order valence-electron chi connectivity index (χ0n) is 11.6. The minimum Gasteiger partial charge on any atom is -0.493 e. The van der Waals surface area contributed by atoms with E-state index in [-0.39, 0.29) is 5.91 Å². The zero-order chi connectivity index (χ0) is 14.7. The Balaban J connectivity index is 2.32. The largest absolute Gasteiger partial charge is 0.493 e. The molecule has 1 heterocycles. The number of carbonyl (C=O) groups is 1. The molecule has 20 heavy (non-hydrogen) atoms. The van der Waals surface area contributed by atoms with E-state index in [4.69, 9.17) is 21.7 Å². The van der Waals surface area contributed by atoms with Gasteiger partial charge in [0.25, 0.3) is 5.91 Å². The molecular weight excluding hydrogens is 276 g/mol. The van der Waals surface area contributed by atoms with Gasteiger partial charge in [-0.05, 0) is 42.9 Å². The molecule has 0 spiro atoms. The predicted molar refractivity (Wildman–Crippen MR) is 80.6 cm³/mol. The van der Waals surface area contributed by atoms with Crippen molar-refractivity contribution in [1.82, 2.24) is 10.2 Å². The summed E-state index contributed by atoms with van der Waals surface area (Å²) in [6.07, 6.45) is 1.74. The highest BCUT2D eigenvalue weighted by Gasteiger charge is 2.28. The summed E-state index contributed by atoms with van der Waals surface area (Å²) >= 11 is 5.11. The molecule has 1 aliphatic heterocycles. The van der Waals surface area contributed by atoms with Crippen LogP contribution in [0.25, 0.3) is 6.08 Å². The molecule has 2 rings (SSSR count). The summed E-state index contributed by atoms with van der Waals surface area (Å²) in [6, 6.07) is 5.44. The van der Waals surface area contributed by atoms with Gasteiger partial charge in [0.2, 0.25) is 0 Å². The minimum atomic E-state index is -0.118. The van der Waals surface area contributed by atoms with E-state index in [2.05, 4.69) is 5.32 Å². The lowest BCUT2D eigenvalue weighted by Crippen LogP contribution is -2.30. The molecule has 0 aliphatic carbocycles. The number of amides is 1. The van der Waals surface area contributed by atoms with Crippen molar-refractivity contribution in [3.63, 3.8) is 0 Å². The molecule has 0 radical (unpaired) electrons. The first-order valence-electron chi connectivity index (χ1n) is 6.17. The number of methoxy groups -OCH3 is 2. The van der Waals surface area contributed by atoms with Gasteiger partial charge in [0, 0.05) is 6.54 Å². The number of rotatable bonds is 4. The summed E-state index contributed by atoms with van der Waals surface area (Å²) in [4.78, 5) is 13.6. The minimum absolute atomic E-state index is 0.118. The van der Waals surface area contributed by atoms with Crippen molar-refractivity contribution in [3.05, 3.63) is 29.5 Å². The number of carbonyl (C=O) groups excluding carboxylic acids is 1. The Bertz CT molecular complexity index is 584. The molecule has 1 fully saturated rings. The van der Waals surface area contributed by atoms with E-state index in [9.17, 15) is 4.79 Å². The fraction of sp³-hybridized carbons (Fsp3) is 0.286. The molecule has 0 unspecified atom stereocenters. The summed E-state index contributed by atoms with van der Waals surface area (Å²) in [5, 5.41) is 3.35. The van der Waals surface area contributed by atoms with Crippen LogP contribution in [0.2, 0.25) is 0 Å². The fourth-order valence-corrected chi connectivity index (χ4v) is 2.29. The molecule has 1 aromatic carbocycles. The monoisotopic (exact) mass is 292 g/mol. The molecule has 1 N–H and O–H groups in total. The third-order valence-electron chi connectivity index (χ3n) is 3.00. The van der Waals surface area contributed by atoms with Crippen LogP contribution in [0.15, 0.2) is 23.9 Å². The summed E-state index contributed by atoms with van der Waals surface area (Å²) in [7, 11) is 3.15. The number of ether oxygens (including phenoxy) is 2. The van der Waals surface area contributed by atoms with Crippen molar-refractivity contribution in [3.8, 4) is 11.5 Å². The van der Waals surface area contributed by atoms with Crippen LogP contribution in [0.3, 0.4) is 0 Å². The molecular formula is C14H16N2O3S.